The highest BCUT2D eigenvalue weighted by molar-refractivity contribution is 5.67. The molecule has 0 fully saturated rings. The van der Waals surface area contributed by atoms with Gasteiger partial charge in [-0.2, -0.15) is 4.98 Å². The summed E-state index contributed by atoms with van der Waals surface area (Å²) in [6.45, 7) is 1.98. The highest BCUT2D eigenvalue weighted by atomic mass is 16.5. The molecule has 5 nitrogen and oxygen atoms in total. The Hall–Kier alpha value is -2.53. The van der Waals surface area contributed by atoms with Gasteiger partial charge in [0, 0.05) is 18.0 Å². The van der Waals surface area contributed by atoms with Crippen LogP contribution >= 0.6 is 0 Å². The van der Waals surface area contributed by atoms with Crippen LogP contribution in [0.25, 0.3) is 22.5 Å². The fourth-order valence-corrected chi connectivity index (χ4v) is 2.01. The minimum atomic E-state index is 0.0438. The predicted octanol–water partition coefficient (Wildman–Crippen LogP) is 3.08. The maximum Gasteiger partial charge on any atom is 0.243 e. The smallest absolute Gasteiger partial charge is 0.243 e. The lowest BCUT2D eigenvalue weighted by Gasteiger charge is -2.02. The van der Waals surface area contributed by atoms with Crippen LogP contribution in [0.5, 0.6) is 0 Å². The van der Waals surface area contributed by atoms with Gasteiger partial charge >= 0.3 is 0 Å². The predicted molar refractivity (Wildman–Crippen MR) is 80.4 cm³/mol. The maximum atomic E-state index is 5.25. The van der Waals surface area contributed by atoms with Gasteiger partial charge in [0.05, 0.1) is 6.04 Å². The summed E-state index contributed by atoms with van der Waals surface area (Å²) in [4.78, 5) is 8.43. The number of rotatable bonds is 4. The second-order valence-electron chi connectivity index (χ2n) is 4.78. The van der Waals surface area contributed by atoms with Crippen molar-refractivity contribution in [3.63, 3.8) is 0 Å². The number of nitrogens with zero attached hydrogens (tertiary/aromatic N) is 3. The molecule has 0 saturated carbocycles. The third kappa shape index (κ3) is 2.83. The highest BCUT2D eigenvalue weighted by Gasteiger charge is 2.13. The molecule has 2 heterocycles. The minimum Gasteiger partial charge on any atom is -0.337 e. The molecule has 21 heavy (non-hydrogen) atoms. The van der Waals surface area contributed by atoms with Gasteiger partial charge in [0.15, 0.2) is 0 Å². The number of nitrogens with one attached hydrogen (secondary N) is 1. The van der Waals surface area contributed by atoms with Gasteiger partial charge in [-0.05, 0) is 37.2 Å². The standard InChI is InChI=1S/C16H16N4O/c1-11(17-2)16-19-15(20-21-16)14-5-3-12(4-6-14)13-7-9-18-10-8-13/h3-11,17H,1-2H3. The van der Waals surface area contributed by atoms with Crippen molar-refractivity contribution in [2.75, 3.05) is 7.05 Å². The van der Waals surface area contributed by atoms with Crippen LogP contribution in [0.1, 0.15) is 18.9 Å². The van der Waals surface area contributed by atoms with Crippen LogP contribution < -0.4 is 5.32 Å². The average molecular weight is 280 g/mol. The number of hydrogen-bond donors (Lipinski definition) is 1. The largest absolute Gasteiger partial charge is 0.337 e. The average Bonchev–Trinajstić information content (AvgIpc) is 3.05. The summed E-state index contributed by atoms with van der Waals surface area (Å²) in [5, 5.41) is 7.10. The van der Waals surface area contributed by atoms with Crippen LogP contribution in [0.4, 0.5) is 0 Å². The van der Waals surface area contributed by atoms with Crippen LogP contribution in [-0.4, -0.2) is 22.2 Å². The Balaban J connectivity index is 1.86. The summed E-state index contributed by atoms with van der Waals surface area (Å²) in [6, 6.07) is 12.1. The zero-order valence-electron chi connectivity index (χ0n) is 11.9. The van der Waals surface area contributed by atoms with Crippen LogP contribution in [0.2, 0.25) is 0 Å². The molecule has 5 heteroatoms. The molecule has 1 atom stereocenters. The fraction of sp³-hybridized carbons (Fsp3) is 0.188. The SMILES string of the molecule is CNC(C)c1nc(-c2ccc(-c3ccncc3)cc2)no1. The van der Waals surface area contributed by atoms with E-state index in [1.54, 1.807) is 12.4 Å². The van der Waals surface area contributed by atoms with E-state index in [2.05, 4.69) is 20.4 Å². The fourth-order valence-electron chi connectivity index (χ4n) is 2.01. The topological polar surface area (TPSA) is 63.8 Å². The monoisotopic (exact) mass is 280 g/mol. The first-order valence-corrected chi connectivity index (χ1v) is 6.79. The summed E-state index contributed by atoms with van der Waals surface area (Å²) < 4.78 is 5.25. The van der Waals surface area contributed by atoms with Gasteiger partial charge in [-0.15, -0.1) is 0 Å². The lowest BCUT2D eigenvalue weighted by molar-refractivity contribution is 0.347. The normalized spacial score (nSPS) is 12.3. The van der Waals surface area contributed by atoms with Gasteiger partial charge in [-0.1, -0.05) is 29.4 Å². The third-order valence-electron chi connectivity index (χ3n) is 3.40. The summed E-state index contributed by atoms with van der Waals surface area (Å²) in [7, 11) is 1.86. The van der Waals surface area contributed by atoms with Gasteiger partial charge in [0.2, 0.25) is 11.7 Å². The molecule has 0 spiro atoms. The molecule has 0 amide bonds. The zero-order chi connectivity index (χ0) is 14.7. The van der Waals surface area contributed by atoms with Crippen LogP contribution in [0.3, 0.4) is 0 Å². The number of hydrogen-bond acceptors (Lipinski definition) is 5. The summed E-state index contributed by atoms with van der Waals surface area (Å²) in [5.74, 6) is 1.19. The lowest BCUT2D eigenvalue weighted by Crippen LogP contribution is -2.12. The van der Waals surface area contributed by atoms with Crippen LogP contribution in [0.15, 0.2) is 53.3 Å². The third-order valence-corrected chi connectivity index (χ3v) is 3.40. The molecule has 0 aliphatic rings. The van der Waals surface area contributed by atoms with Crippen molar-refractivity contribution >= 4 is 0 Å². The Morgan fingerprint density at radius 3 is 2.24 bits per heavy atom. The van der Waals surface area contributed by atoms with Crippen molar-refractivity contribution in [1.29, 1.82) is 0 Å². The van der Waals surface area contributed by atoms with Gasteiger partial charge in [-0.3, -0.25) is 4.98 Å². The summed E-state index contributed by atoms with van der Waals surface area (Å²) >= 11 is 0. The highest BCUT2D eigenvalue weighted by Crippen LogP contribution is 2.23. The van der Waals surface area contributed by atoms with E-state index in [-0.39, 0.29) is 6.04 Å². The first-order chi connectivity index (χ1) is 10.3. The second kappa shape index (κ2) is 5.85. The number of benzene rings is 1. The van der Waals surface area contributed by atoms with E-state index in [4.69, 9.17) is 4.52 Å². The van der Waals surface area contributed by atoms with E-state index in [0.717, 1.165) is 16.7 Å². The molecule has 1 unspecified atom stereocenters. The Labute approximate surface area is 123 Å². The molecular weight excluding hydrogens is 264 g/mol. The van der Waals surface area contributed by atoms with E-state index < -0.39 is 0 Å². The molecule has 0 radical (unpaired) electrons. The van der Waals surface area contributed by atoms with Crippen molar-refractivity contribution in [2.45, 2.75) is 13.0 Å². The molecule has 1 N–H and O–H groups in total. The van der Waals surface area contributed by atoms with E-state index in [0.29, 0.717) is 11.7 Å². The summed E-state index contributed by atoms with van der Waals surface area (Å²) in [6.07, 6.45) is 3.57. The lowest BCUT2D eigenvalue weighted by atomic mass is 10.1. The molecular formula is C16H16N4O. The molecule has 3 aromatic rings. The first-order valence-electron chi connectivity index (χ1n) is 6.79. The Morgan fingerprint density at radius 2 is 1.57 bits per heavy atom. The van der Waals surface area contributed by atoms with Crippen molar-refractivity contribution in [1.82, 2.24) is 20.4 Å². The molecule has 0 aliphatic carbocycles. The van der Waals surface area contributed by atoms with E-state index in [9.17, 15) is 0 Å². The van der Waals surface area contributed by atoms with Gasteiger partial charge in [0.25, 0.3) is 0 Å². The van der Waals surface area contributed by atoms with Crippen molar-refractivity contribution < 1.29 is 4.52 Å². The van der Waals surface area contributed by atoms with Gasteiger partial charge < -0.3 is 9.84 Å². The molecule has 0 saturated heterocycles. The number of pyridine rings is 1. The van der Waals surface area contributed by atoms with Crippen molar-refractivity contribution in [3.05, 3.63) is 54.7 Å². The molecule has 0 aliphatic heterocycles. The van der Waals surface area contributed by atoms with E-state index in [1.165, 1.54) is 0 Å². The van der Waals surface area contributed by atoms with Crippen molar-refractivity contribution in [3.8, 4) is 22.5 Å². The zero-order valence-corrected chi connectivity index (χ0v) is 11.9. The van der Waals surface area contributed by atoms with Crippen LogP contribution in [-0.2, 0) is 0 Å². The number of aromatic nitrogens is 3. The molecule has 3 rings (SSSR count). The molecule has 0 bridgehead atoms. The molecule has 1 aromatic carbocycles. The second-order valence-corrected chi connectivity index (χ2v) is 4.78. The quantitative estimate of drug-likeness (QED) is 0.795. The van der Waals surface area contributed by atoms with Gasteiger partial charge in [-0.25, -0.2) is 0 Å². The Kier molecular flexibility index (Phi) is 3.75. The molecule has 2 aromatic heterocycles. The first kappa shape index (κ1) is 13.5. The Morgan fingerprint density at radius 1 is 0.952 bits per heavy atom. The maximum absolute atomic E-state index is 5.25. The van der Waals surface area contributed by atoms with Gasteiger partial charge in [0.1, 0.15) is 0 Å². The van der Waals surface area contributed by atoms with E-state index >= 15 is 0 Å². The van der Waals surface area contributed by atoms with E-state index in [1.807, 2.05) is 50.4 Å². The molecule has 106 valence electrons. The summed E-state index contributed by atoms with van der Waals surface area (Å²) in [5.41, 5.74) is 3.20. The van der Waals surface area contributed by atoms with Crippen LogP contribution in [0, 0.1) is 0 Å². The minimum absolute atomic E-state index is 0.0438. The Bertz CT molecular complexity index is 707. The van der Waals surface area contributed by atoms with Crippen molar-refractivity contribution in [2.24, 2.45) is 0 Å².